The molecular weight excluding hydrogens is 556 g/mol. The van der Waals surface area contributed by atoms with Gasteiger partial charge in [-0.25, -0.2) is 0 Å². The molecule has 204 valence electrons. The maximum atomic E-state index is 13.2. The van der Waals surface area contributed by atoms with Crippen LogP contribution in [0.15, 0.2) is 33.3 Å². The molecule has 2 aliphatic heterocycles. The van der Waals surface area contributed by atoms with Gasteiger partial charge in [0.1, 0.15) is 17.2 Å². The second-order valence-electron chi connectivity index (χ2n) is 8.21. The summed E-state index contributed by atoms with van der Waals surface area (Å²) in [5.41, 5.74) is 2.76. The molecule has 7 N–H and O–H groups in total. The van der Waals surface area contributed by atoms with Crippen molar-refractivity contribution in [3.05, 3.63) is 39.3 Å². The summed E-state index contributed by atoms with van der Waals surface area (Å²) >= 11 is 2.40. The molecule has 1 aromatic rings. The lowest BCUT2D eigenvalue weighted by atomic mass is 9.84. The Labute approximate surface area is 218 Å². The van der Waals surface area contributed by atoms with E-state index in [0.717, 1.165) is 24.0 Å². The second-order valence-corrected chi connectivity index (χ2v) is 11.1. The molecule has 3 unspecified atom stereocenters. The van der Waals surface area contributed by atoms with Gasteiger partial charge in [-0.3, -0.25) is 18.9 Å². The predicted molar refractivity (Wildman–Crippen MR) is 131 cm³/mol. The Bertz CT molecular complexity index is 1310. The van der Waals surface area contributed by atoms with E-state index in [0.29, 0.717) is 9.79 Å². The van der Waals surface area contributed by atoms with E-state index in [9.17, 15) is 33.1 Å². The number of aromatic nitrogens is 1. The Kier molecular flexibility index (Phi) is 8.34. The molecule has 0 aromatic carbocycles. The van der Waals surface area contributed by atoms with Gasteiger partial charge in [-0.2, -0.15) is 30.0 Å². The van der Waals surface area contributed by atoms with Crippen molar-refractivity contribution in [2.75, 3.05) is 12.0 Å². The molecule has 3 atom stereocenters. The number of amides is 2. The molecule has 3 heterocycles. The molecule has 3 rings (SSSR count). The minimum absolute atomic E-state index is 0.0617. The van der Waals surface area contributed by atoms with E-state index < -0.39 is 56.6 Å². The SMILES string of the molecule is CSCC(O/N=C(\C(=O)NC1C(=O)N(OS(=O)(=O)O)C1(C)C)C1=CSC(N)N1)c1cc(=O)c(O)cn1O. The molecule has 0 radical (unpaired) electrons. The topological polar surface area (TPSA) is 235 Å². The summed E-state index contributed by atoms with van der Waals surface area (Å²) in [5.74, 6) is -2.39. The van der Waals surface area contributed by atoms with Crippen molar-refractivity contribution >= 4 is 51.4 Å². The lowest BCUT2D eigenvalue weighted by molar-refractivity contribution is -0.218. The van der Waals surface area contributed by atoms with E-state index in [1.807, 2.05) is 0 Å². The number of oxime groups is 1. The van der Waals surface area contributed by atoms with Crippen molar-refractivity contribution in [3.63, 3.8) is 0 Å². The summed E-state index contributed by atoms with van der Waals surface area (Å²) in [6.07, 6.45) is 1.45. The van der Waals surface area contributed by atoms with Gasteiger partial charge in [0.25, 0.3) is 11.8 Å². The number of carbonyl (C=O) groups excluding carboxylic acids is 2. The predicted octanol–water partition coefficient (Wildman–Crippen LogP) is -1.17. The summed E-state index contributed by atoms with van der Waals surface area (Å²) in [6.45, 7) is 2.77. The van der Waals surface area contributed by atoms with Crippen LogP contribution in [0.4, 0.5) is 0 Å². The maximum Gasteiger partial charge on any atom is 0.418 e. The monoisotopic (exact) mass is 580 g/mol. The van der Waals surface area contributed by atoms with Crippen LogP contribution in [0.25, 0.3) is 0 Å². The number of nitrogens with zero attached hydrogens (tertiary/aromatic N) is 3. The number of hydroxylamine groups is 2. The van der Waals surface area contributed by atoms with Crippen molar-refractivity contribution in [2.45, 2.75) is 37.0 Å². The Hall–Kier alpha value is -2.97. The highest BCUT2D eigenvalue weighted by molar-refractivity contribution is 8.02. The van der Waals surface area contributed by atoms with Crippen LogP contribution < -0.4 is 21.8 Å². The van der Waals surface area contributed by atoms with Gasteiger partial charge in [-0.15, -0.1) is 4.28 Å². The molecule has 19 heteroatoms. The van der Waals surface area contributed by atoms with E-state index in [-0.39, 0.29) is 22.9 Å². The van der Waals surface area contributed by atoms with Gasteiger partial charge in [0, 0.05) is 17.2 Å². The first-order valence-corrected chi connectivity index (χ1v) is 13.9. The molecule has 0 saturated carbocycles. The number of aromatic hydroxyl groups is 1. The highest BCUT2D eigenvalue weighted by Gasteiger charge is 2.58. The van der Waals surface area contributed by atoms with Gasteiger partial charge in [0.15, 0.2) is 17.6 Å². The molecule has 2 aliphatic rings. The van der Waals surface area contributed by atoms with Crippen molar-refractivity contribution in [1.82, 2.24) is 20.4 Å². The fourth-order valence-electron chi connectivity index (χ4n) is 3.33. The van der Waals surface area contributed by atoms with Crippen molar-refractivity contribution in [3.8, 4) is 5.75 Å². The lowest BCUT2D eigenvalue weighted by Crippen LogP contribution is -2.77. The van der Waals surface area contributed by atoms with E-state index >= 15 is 0 Å². The summed E-state index contributed by atoms with van der Waals surface area (Å²) in [4.78, 5) is 43.0. The molecule has 1 fully saturated rings. The molecule has 0 spiro atoms. The van der Waals surface area contributed by atoms with E-state index in [4.69, 9.17) is 15.1 Å². The van der Waals surface area contributed by atoms with Crippen molar-refractivity contribution in [1.29, 1.82) is 0 Å². The van der Waals surface area contributed by atoms with Crippen LogP contribution in [0.3, 0.4) is 0 Å². The normalized spacial score (nSPS) is 22.1. The first-order chi connectivity index (χ1) is 17.2. The summed E-state index contributed by atoms with van der Waals surface area (Å²) in [5, 5.41) is 30.6. The Balaban J connectivity index is 1.88. The summed E-state index contributed by atoms with van der Waals surface area (Å²) < 4.78 is 35.7. The molecule has 2 amide bonds. The first kappa shape index (κ1) is 28.6. The third-order valence-electron chi connectivity index (χ3n) is 5.18. The number of β-lactam (4-membered cyclic amide) rings is 1. The average molecular weight is 581 g/mol. The molecule has 1 aromatic heterocycles. The number of thioether (sulfide) groups is 2. The van der Waals surface area contributed by atoms with Crippen LogP contribution in [-0.2, 0) is 29.1 Å². The average Bonchev–Trinajstić information content (AvgIpc) is 3.22. The molecule has 16 nitrogen and oxygen atoms in total. The number of hydrogen-bond donors (Lipinski definition) is 6. The van der Waals surface area contributed by atoms with E-state index in [1.165, 1.54) is 31.0 Å². The summed E-state index contributed by atoms with van der Waals surface area (Å²) in [6, 6.07) is -0.319. The first-order valence-electron chi connectivity index (χ1n) is 10.2. The van der Waals surface area contributed by atoms with Crippen LogP contribution in [0.5, 0.6) is 5.75 Å². The standard InChI is InChI=1S/C18H24N6O10S3/c1-18(2)14(16(28)24(18)34-37(30,31)32)21-15(27)13(8-6-36-17(19)20-8)22-33-12(7-35-3)9-4-10(25)11(26)5-23(9)29/h4-6,12,14,17,20,26,29H,7,19H2,1-3H3,(H,21,27)(H,30,31,32)/b22-13-. The number of nitrogens with two attached hydrogens (primary N) is 1. The Morgan fingerprint density at radius 3 is 2.65 bits per heavy atom. The van der Waals surface area contributed by atoms with Gasteiger partial charge < -0.3 is 31.5 Å². The van der Waals surface area contributed by atoms with Crippen molar-refractivity contribution in [2.24, 2.45) is 10.9 Å². The van der Waals surface area contributed by atoms with Gasteiger partial charge >= 0.3 is 10.4 Å². The number of hydrogen-bond acceptors (Lipinski definition) is 14. The van der Waals surface area contributed by atoms with Gasteiger partial charge in [0.2, 0.25) is 5.43 Å². The fourth-order valence-corrected chi connectivity index (χ4v) is 4.97. The quantitative estimate of drug-likeness (QED) is 0.0629. The smallest absolute Gasteiger partial charge is 0.418 e. The van der Waals surface area contributed by atoms with Crippen LogP contribution >= 0.6 is 23.5 Å². The van der Waals surface area contributed by atoms with E-state index in [1.54, 1.807) is 6.26 Å². The maximum absolute atomic E-state index is 13.2. The zero-order valence-corrected chi connectivity index (χ0v) is 22.0. The zero-order chi connectivity index (χ0) is 27.7. The highest BCUT2D eigenvalue weighted by Crippen LogP contribution is 2.33. The number of pyridine rings is 1. The summed E-state index contributed by atoms with van der Waals surface area (Å²) in [7, 11) is -4.98. The molecule has 0 bridgehead atoms. The van der Waals surface area contributed by atoms with Gasteiger partial charge in [0.05, 0.1) is 17.4 Å². The molecule has 1 saturated heterocycles. The van der Waals surface area contributed by atoms with Crippen LogP contribution in [0.2, 0.25) is 0 Å². The minimum atomic E-state index is -4.98. The third-order valence-corrected chi connectivity index (χ3v) is 6.94. The van der Waals surface area contributed by atoms with Crippen LogP contribution in [-0.4, -0.2) is 79.7 Å². The fraction of sp³-hybridized carbons (Fsp3) is 0.444. The molecular formula is C18H24N6O10S3. The third kappa shape index (κ3) is 6.30. The lowest BCUT2D eigenvalue weighted by Gasteiger charge is -2.50. The van der Waals surface area contributed by atoms with E-state index in [2.05, 4.69) is 20.1 Å². The number of carbonyl (C=O) groups is 2. The largest absolute Gasteiger partial charge is 0.503 e. The number of rotatable bonds is 10. The molecule has 0 aliphatic carbocycles. The Morgan fingerprint density at radius 2 is 2.11 bits per heavy atom. The second kappa shape index (κ2) is 10.8. The highest BCUT2D eigenvalue weighted by atomic mass is 32.3. The van der Waals surface area contributed by atoms with Crippen LogP contribution in [0.1, 0.15) is 25.6 Å². The number of nitrogens with one attached hydrogen (secondary N) is 2. The van der Waals surface area contributed by atoms with Gasteiger partial charge in [-0.1, -0.05) is 16.9 Å². The molecule has 37 heavy (non-hydrogen) atoms. The minimum Gasteiger partial charge on any atom is -0.503 e. The zero-order valence-electron chi connectivity index (χ0n) is 19.5. The van der Waals surface area contributed by atoms with Crippen LogP contribution in [0, 0.1) is 0 Å². The van der Waals surface area contributed by atoms with Gasteiger partial charge in [-0.05, 0) is 20.1 Å². The van der Waals surface area contributed by atoms with Crippen molar-refractivity contribution < 1.29 is 42.0 Å². The Morgan fingerprint density at radius 1 is 1.43 bits per heavy atom.